The number of carbonyl (C=O) groups is 1. The van der Waals surface area contributed by atoms with E-state index in [2.05, 4.69) is 41.3 Å². The zero-order chi connectivity index (χ0) is 25.0. The molecule has 188 valence electrons. The van der Waals surface area contributed by atoms with E-state index < -0.39 is 0 Å². The highest BCUT2D eigenvalue weighted by Crippen LogP contribution is 2.28. The minimum atomic E-state index is 0.0621. The van der Waals surface area contributed by atoms with Crippen LogP contribution < -0.4 is 14.8 Å². The van der Waals surface area contributed by atoms with E-state index in [-0.39, 0.29) is 5.91 Å². The summed E-state index contributed by atoms with van der Waals surface area (Å²) < 4.78 is 12.7. The van der Waals surface area contributed by atoms with Gasteiger partial charge in [-0.2, -0.15) is 0 Å². The lowest BCUT2D eigenvalue weighted by Gasteiger charge is -2.17. The number of rotatable bonds is 14. The van der Waals surface area contributed by atoms with Crippen molar-refractivity contribution in [1.29, 1.82) is 0 Å². The normalized spacial score (nSPS) is 11.3. The number of nitrogens with zero attached hydrogens (tertiary/aromatic N) is 3. The van der Waals surface area contributed by atoms with Gasteiger partial charge in [-0.3, -0.25) is 9.36 Å². The van der Waals surface area contributed by atoms with Gasteiger partial charge in [0.05, 0.1) is 20.5 Å². The van der Waals surface area contributed by atoms with Crippen LogP contribution in [-0.2, 0) is 11.2 Å². The Hall–Kier alpha value is -3.10. The molecule has 35 heavy (non-hydrogen) atoms. The van der Waals surface area contributed by atoms with Crippen LogP contribution in [0.15, 0.2) is 49.1 Å². The molecule has 0 aliphatic rings. The van der Waals surface area contributed by atoms with E-state index in [0.29, 0.717) is 13.0 Å². The summed E-state index contributed by atoms with van der Waals surface area (Å²) in [5, 5.41) is 4.15. The topological polar surface area (TPSA) is 68.6 Å². The first kappa shape index (κ1) is 26.5. The highest BCUT2D eigenvalue weighted by atomic mass is 32.1. The van der Waals surface area contributed by atoms with Crippen LogP contribution in [0.4, 0.5) is 0 Å². The molecule has 1 amide bonds. The Morgan fingerprint density at radius 3 is 2.74 bits per heavy atom. The van der Waals surface area contributed by atoms with Gasteiger partial charge in [0.1, 0.15) is 5.00 Å². The van der Waals surface area contributed by atoms with E-state index in [1.54, 1.807) is 38.1 Å². The van der Waals surface area contributed by atoms with Crippen LogP contribution in [0.1, 0.15) is 35.3 Å². The molecule has 3 aromatic rings. The van der Waals surface area contributed by atoms with Gasteiger partial charge in [-0.25, -0.2) is 4.98 Å². The molecule has 0 spiro atoms. The lowest BCUT2D eigenvalue weighted by atomic mass is 10.1. The minimum absolute atomic E-state index is 0.0621. The first-order chi connectivity index (χ1) is 17.0. The average Bonchev–Trinajstić information content (AvgIpc) is 3.52. The number of thiophene rings is 1. The van der Waals surface area contributed by atoms with E-state index >= 15 is 0 Å². The van der Waals surface area contributed by atoms with E-state index in [9.17, 15) is 4.79 Å². The summed E-state index contributed by atoms with van der Waals surface area (Å²) in [6.45, 7) is 4.76. The van der Waals surface area contributed by atoms with Gasteiger partial charge in [0.15, 0.2) is 11.5 Å². The SMILES string of the molecule is COc1ccc(CCN(C)CCCCNC(=O)C/C=C/c2sc(-n3ccnc3)cc2C)cc1OC. The van der Waals surface area contributed by atoms with Crippen LogP contribution in [0, 0.1) is 6.92 Å². The van der Waals surface area contributed by atoms with Gasteiger partial charge in [-0.05, 0) is 75.2 Å². The molecule has 0 bridgehead atoms. The molecule has 8 heteroatoms. The summed E-state index contributed by atoms with van der Waals surface area (Å²) in [7, 11) is 5.44. The van der Waals surface area contributed by atoms with Crippen molar-refractivity contribution in [3.05, 3.63) is 65.1 Å². The second-order valence-corrected chi connectivity index (χ2v) is 9.57. The van der Waals surface area contributed by atoms with Gasteiger partial charge in [0.25, 0.3) is 0 Å². The Morgan fingerprint density at radius 2 is 2.00 bits per heavy atom. The fraction of sp³-hybridized carbons (Fsp3) is 0.407. The number of likely N-dealkylation sites (N-methyl/N-ethyl adjacent to an activating group) is 1. The number of methoxy groups -OCH3 is 2. The van der Waals surface area contributed by atoms with Crippen LogP contribution in [-0.4, -0.2) is 61.3 Å². The lowest BCUT2D eigenvalue weighted by Crippen LogP contribution is -2.26. The average molecular weight is 497 g/mol. The third-order valence-electron chi connectivity index (χ3n) is 5.79. The minimum Gasteiger partial charge on any atom is -0.493 e. The zero-order valence-corrected chi connectivity index (χ0v) is 21.9. The summed E-state index contributed by atoms with van der Waals surface area (Å²) in [5.74, 6) is 1.58. The number of ether oxygens (including phenoxy) is 2. The molecule has 0 atom stereocenters. The molecule has 0 unspecified atom stereocenters. The number of aryl methyl sites for hydroxylation is 1. The van der Waals surface area contributed by atoms with Crippen molar-refractivity contribution < 1.29 is 14.3 Å². The smallest absolute Gasteiger partial charge is 0.223 e. The van der Waals surface area contributed by atoms with Crippen molar-refractivity contribution in [2.45, 2.75) is 32.6 Å². The van der Waals surface area contributed by atoms with Crippen molar-refractivity contribution in [3.8, 4) is 16.5 Å². The molecule has 0 radical (unpaired) electrons. The third-order valence-corrected chi connectivity index (χ3v) is 7.01. The fourth-order valence-corrected chi connectivity index (χ4v) is 4.77. The fourth-order valence-electron chi connectivity index (χ4n) is 3.71. The van der Waals surface area contributed by atoms with Gasteiger partial charge in [-0.1, -0.05) is 12.1 Å². The Kier molecular flexibility index (Phi) is 10.4. The van der Waals surface area contributed by atoms with Gasteiger partial charge in [-0.15, -0.1) is 11.3 Å². The summed E-state index contributed by atoms with van der Waals surface area (Å²) in [6, 6.07) is 8.20. The Morgan fingerprint density at radius 1 is 1.17 bits per heavy atom. The standard InChI is InChI=1S/C27H36N4O3S/c1-21-18-27(31-17-14-28-20-31)35-25(21)8-7-9-26(32)29-13-5-6-15-30(2)16-12-22-10-11-23(33-3)24(19-22)34-4/h7-8,10-11,14,17-20H,5-6,9,12-13,15-16H2,1-4H3,(H,29,32)/b8-7+. The monoisotopic (exact) mass is 496 g/mol. The second kappa shape index (κ2) is 13.7. The number of benzene rings is 1. The lowest BCUT2D eigenvalue weighted by molar-refractivity contribution is -0.120. The van der Waals surface area contributed by atoms with E-state index in [1.165, 1.54) is 11.1 Å². The van der Waals surface area contributed by atoms with Gasteiger partial charge in [0.2, 0.25) is 5.91 Å². The van der Waals surface area contributed by atoms with Crippen LogP contribution in [0.25, 0.3) is 11.1 Å². The molecular formula is C27H36N4O3S. The van der Waals surface area contributed by atoms with E-state index in [4.69, 9.17) is 9.47 Å². The molecule has 0 saturated carbocycles. The molecule has 7 nitrogen and oxygen atoms in total. The summed E-state index contributed by atoms with van der Waals surface area (Å²) in [5.41, 5.74) is 2.43. The first-order valence-corrected chi connectivity index (χ1v) is 12.7. The van der Waals surface area contributed by atoms with Crippen molar-refractivity contribution in [3.63, 3.8) is 0 Å². The van der Waals surface area contributed by atoms with Crippen molar-refractivity contribution in [1.82, 2.24) is 19.8 Å². The van der Waals surface area contributed by atoms with Gasteiger partial charge >= 0.3 is 0 Å². The number of hydrogen-bond acceptors (Lipinski definition) is 6. The quantitative estimate of drug-likeness (QED) is 0.327. The van der Waals surface area contributed by atoms with Crippen LogP contribution in [0.3, 0.4) is 0 Å². The number of amides is 1. The first-order valence-electron chi connectivity index (χ1n) is 11.9. The predicted molar refractivity (Wildman–Crippen MR) is 143 cm³/mol. The predicted octanol–water partition coefficient (Wildman–Crippen LogP) is 4.73. The maximum Gasteiger partial charge on any atom is 0.223 e. The number of nitrogens with one attached hydrogen (secondary N) is 1. The van der Waals surface area contributed by atoms with Gasteiger partial charge in [0, 0.05) is 36.8 Å². The maximum atomic E-state index is 12.2. The molecule has 0 aliphatic heterocycles. The molecule has 3 rings (SSSR count). The molecular weight excluding hydrogens is 460 g/mol. The molecule has 1 aromatic carbocycles. The number of imidazole rings is 1. The highest BCUT2D eigenvalue weighted by molar-refractivity contribution is 7.15. The molecule has 2 aromatic heterocycles. The molecule has 0 saturated heterocycles. The number of hydrogen-bond donors (Lipinski definition) is 1. The Labute approximate surface area is 212 Å². The Bertz CT molecular complexity index is 1090. The number of unbranched alkanes of at least 4 members (excludes halogenated alkanes) is 1. The summed E-state index contributed by atoms with van der Waals surface area (Å²) in [4.78, 5) is 19.7. The van der Waals surface area contributed by atoms with Crippen LogP contribution in [0.5, 0.6) is 11.5 Å². The largest absolute Gasteiger partial charge is 0.493 e. The molecule has 0 aliphatic carbocycles. The van der Waals surface area contributed by atoms with Crippen molar-refractivity contribution >= 4 is 23.3 Å². The highest BCUT2D eigenvalue weighted by Gasteiger charge is 2.07. The van der Waals surface area contributed by atoms with E-state index in [1.807, 2.05) is 35.0 Å². The van der Waals surface area contributed by atoms with Gasteiger partial charge < -0.3 is 19.7 Å². The number of carbonyl (C=O) groups excluding carboxylic acids is 1. The van der Waals surface area contributed by atoms with Crippen LogP contribution in [0.2, 0.25) is 0 Å². The molecule has 2 heterocycles. The third kappa shape index (κ3) is 8.26. The Balaban J connectivity index is 1.29. The van der Waals surface area contributed by atoms with Crippen molar-refractivity contribution in [2.24, 2.45) is 0 Å². The maximum absolute atomic E-state index is 12.2. The van der Waals surface area contributed by atoms with Crippen molar-refractivity contribution in [2.75, 3.05) is 40.9 Å². The summed E-state index contributed by atoms with van der Waals surface area (Å²) >= 11 is 1.69. The number of aromatic nitrogens is 2. The summed E-state index contributed by atoms with van der Waals surface area (Å²) in [6.07, 6.45) is 12.8. The molecule has 1 N–H and O–H groups in total. The molecule has 0 fully saturated rings. The van der Waals surface area contributed by atoms with Crippen LogP contribution >= 0.6 is 11.3 Å². The second-order valence-electron chi connectivity index (χ2n) is 8.51. The van der Waals surface area contributed by atoms with E-state index in [0.717, 1.165) is 53.7 Å². The zero-order valence-electron chi connectivity index (χ0n) is 21.1.